The first-order valence-electron chi connectivity index (χ1n) is 11.2. The van der Waals surface area contributed by atoms with Gasteiger partial charge in [0.15, 0.2) is 5.78 Å². The van der Waals surface area contributed by atoms with Crippen LogP contribution in [0.4, 0.5) is 13.2 Å². The normalized spacial score (nSPS) is 12.7. The molecule has 4 aromatic carbocycles. The minimum atomic E-state index is -4.47. The van der Waals surface area contributed by atoms with Gasteiger partial charge in [0.1, 0.15) is 0 Å². The number of carbonyl (C=O) groups is 1. The molecule has 4 aromatic rings. The van der Waals surface area contributed by atoms with E-state index in [9.17, 15) is 18.0 Å². The highest BCUT2D eigenvalue weighted by Gasteiger charge is 2.32. The molecule has 0 saturated carbocycles. The third-order valence-electron chi connectivity index (χ3n) is 6.06. The Bertz CT molecular complexity index is 1260. The summed E-state index contributed by atoms with van der Waals surface area (Å²) in [7, 11) is 0. The van der Waals surface area contributed by atoms with Crippen LogP contribution in [-0.2, 0) is 23.9 Å². The van der Waals surface area contributed by atoms with E-state index in [4.69, 9.17) is 0 Å². The summed E-state index contributed by atoms with van der Waals surface area (Å²) >= 11 is 0. The predicted molar refractivity (Wildman–Crippen MR) is 129 cm³/mol. The Hall–Kier alpha value is -3.44. The van der Waals surface area contributed by atoms with Crippen molar-refractivity contribution in [3.05, 3.63) is 119 Å². The van der Waals surface area contributed by atoms with Gasteiger partial charge in [0.25, 0.3) is 0 Å². The quantitative estimate of drug-likeness (QED) is 0.276. The van der Waals surface area contributed by atoms with Crippen molar-refractivity contribution in [2.24, 2.45) is 0 Å². The van der Waals surface area contributed by atoms with Crippen LogP contribution in [0.1, 0.15) is 35.2 Å². The maximum atomic E-state index is 13.4. The number of carbonyl (C=O) groups excluding carboxylic acids is 1. The van der Waals surface area contributed by atoms with Crippen LogP contribution in [-0.4, -0.2) is 17.2 Å². The van der Waals surface area contributed by atoms with Crippen molar-refractivity contribution in [1.29, 1.82) is 0 Å². The topological polar surface area (TPSA) is 20.3 Å². The lowest BCUT2D eigenvalue weighted by Crippen LogP contribution is -2.34. The van der Waals surface area contributed by atoms with Crippen molar-refractivity contribution in [1.82, 2.24) is 4.90 Å². The number of alkyl halides is 3. The fraction of sp³-hybridized carbons (Fsp3) is 0.207. The molecule has 0 N–H and O–H groups in total. The zero-order valence-corrected chi connectivity index (χ0v) is 18.9. The summed E-state index contributed by atoms with van der Waals surface area (Å²) in [5.74, 6) is -0.187. The van der Waals surface area contributed by atoms with Gasteiger partial charge in [-0.15, -0.1) is 0 Å². The van der Waals surface area contributed by atoms with Gasteiger partial charge >= 0.3 is 6.18 Å². The van der Waals surface area contributed by atoms with E-state index in [-0.39, 0.29) is 5.78 Å². The predicted octanol–water partition coefficient (Wildman–Crippen LogP) is 7.23. The van der Waals surface area contributed by atoms with Crippen LogP contribution in [0, 0.1) is 0 Å². The first kappa shape index (κ1) is 23.7. The van der Waals surface area contributed by atoms with E-state index in [1.165, 1.54) is 13.0 Å². The first-order valence-corrected chi connectivity index (χ1v) is 11.2. The van der Waals surface area contributed by atoms with Gasteiger partial charge in [0, 0.05) is 13.1 Å². The summed E-state index contributed by atoms with van der Waals surface area (Å²) < 4.78 is 40.2. The van der Waals surface area contributed by atoms with Crippen LogP contribution >= 0.6 is 0 Å². The van der Waals surface area contributed by atoms with Gasteiger partial charge in [-0.05, 0) is 52.9 Å². The summed E-state index contributed by atoms with van der Waals surface area (Å²) in [6.07, 6.45) is -3.80. The molecule has 0 fully saturated rings. The van der Waals surface area contributed by atoms with E-state index < -0.39 is 17.8 Å². The standard InChI is InChI=1S/C29H26F3NO/c1-21(34)28(25-14-8-15-26(19-25)29(30,31)32)33(20-22-9-3-2-4-10-22)18-17-24-13-7-12-23-11-5-6-16-27(23)24/h2-16,19,28H,17-18,20H2,1H3/t28-/m0/s1. The van der Waals surface area contributed by atoms with Gasteiger partial charge in [0.2, 0.25) is 0 Å². The van der Waals surface area contributed by atoms with Crippen molar-refractivity contribution in [2.45, 2.75) is 32.1 Å². The van der Waals surface area contributed by atoms with Crippen LogP contribution in [0.15, 0.2) is 97.1 Å². The molecule has 0 heterocycles. The Morgan fingerprint density at radius 3 is 2.26 bits per heavy atom. The SMILES string of the molecule is CC(=O)[C@@H](c1cccc(C(F)(F)F)c1)N(CCc1cccc2ccccc12)Cc1ccccc1. The third kappa shape index (κ3) is 5.54. The summed E-state index contributed by atoms with van der Waals surface area (Å²) in [5, 5.41) is 2.28. The highest BCUT2D eigenvalue weighted by molar-refractivity contribution is 5.85. The highest BCUT2D eigenvalue weighted by atomic mass is 19.4. The lowest BCUT2D eigenvalue weighted by atomic mass is 9.97. The molecule has 0 radical (unpaired) electrons. The Morgan fingerprint density at radius 2 is 1.53 bits per heavy atom. The molecule has 0 aliphatic carbocycles. The first-order chi connectivity index (χ1) is 16.3. The minimum Gasteiger partial charge on any atom is -0.298 e. The monoisotopic (exact) mass is 461 g/mol. The zero-order valence-electron chi connectivity index (χ0n) is 18.9. The van der Waals surface area contributed by atoms with E-state index >= 15 is 0 Å². The lowest BCUT2D eigenvalue weighted by molar-refractivity contribution is -0.137. The number of halogens is 3. The molecule has 0 aliphatic heterocycles. The molecule has 0 amide bonds. The van der Waals surface area contributed by atoms with Crippen LogP contribution in [0.2, 0.25) is 0 Å². The van der Waals surface area contributed by atoms with Gasteiger partial charge in [-0.2, -0.15) is 13.2 Å². The van der Waals surface area contributed by atoms with Crippen LogP contribution in [0.25, 0.3) is 10.8 Å². The molecule has 34 heavy (non-hydrogen) atoms. The minimum absolute atomic E-state index is 0.187. The molecule has 0 bridgehead atoms. The van der Waals surface area contributed by atoms with Crippen molar-refractivity contribution in [2.75, 3.05) is 6.54 Å². The Labute approximate surface area is 197 Å². The van der Waals surface area contributed by atoms with E-state index in [0.717, 1.165) is 34.0 Å². The van der Waals surface area contributed by atoms with Crippen LogP contribution in [0.3, 0.4) is 0 Å². The number of ketones is 1. The van der Waals surface area contributed by atoms with Gasteiger partial charge in [0.05, 0.1) is 11.6 Å². The molecular formula is C29H26F3NO. The largest absolute Gasteiger partial charge is 0.416 e. The van der Waals surface area contributed by atoms with Crippen molar-refractivity contribution in [3.63, 3.8) is 0 Å². The maximum Gasteiger partial charge on any atom is 0.416 e. The number of rotatable bonds is 8. The molecule has 0 unspecified atom stereocenters. The molecule has 0 aromatic heterocycles. The van der Waals surface area contributed by atoms with E-state index in [1.807, 2.05) is 53.4 Å². The Balaban J connectivity index is 1.70. The van der Waals surface area contributed by atoms with E-state index in [2.05, 4.69) is 24.3 Å². The molecule has 0 spiro atoms. The van der Waals surface area contributed by atoms with Crippen molar-refractivity contribution >= 4 is 16.6 Å². The van der Waals surface area contributed by atoms with Gasteiger partial charge < -0.3 is 0 Å². The number of hydrogen-bond donors (Lipinski definition) is 0. The number of benzene rings is 4. The second-order valence-electron chi connectivity index (χ2n) is 8.48. The molecule has 2 nitrogen and oxygen atoms in total. The van der Waals surface area contributed by atoms with E-state index in [1.54, 1.807) is 6.07 Å². The average molecular weight is 462 g/mol. The van der Waals surface area contributed by atoms with Crippen LogP contribution in [0.5, 0.6) is 0 Å². The lowest BCUT2D eigenvalue weighted by Gasteiger charge is -2.31. The second kappa shape index (κ2) is 10.2. The van der Waals surface area contributed by atoms with Crippen molar-refractivity contribution in [3.8, 4) is 0 Å². The van der Waals surface area contributed by atoms with Gasteiger partial charge in [-0.1, -0.05) is 84.9 Å². The molecular weight excluding hydrogens is 435 g/mol. The van der Waals surface area contributed by atoms with Crippen LogP contribution < -0.4 is 0 Å². The summed E-state index contributed by atoms with van der Waals surface area (Å²) in [6, 6.07) is 28.3. The summed E-state index contributed by atoms with van der Waals surface area (Å²) in [4.78, 5) is 14.8. The molecule has 5 heteroatoms. The molecule has 4 rings (SSSR count). The summed E-state index contributed by atoms with van der Waals surface area (Å²) in [5.41, 5.74) is 1.75. The molecule has 0 saturated heterocycles. The average Bonchev–Trinajstić information content (AvgIpc) is 2.82. The number of nitrogens with zero attached hydrogens (tertiary/aromatic N) is 1. The zero-order chi connectivity index (χ0) is 24.1. The molecule has 1 atom stereocenters. The third-order valence-corrected chi connectivity index (χ3v) is 6.06. The second-order valence-corrected chi connectivity index (χ2v) is 8.48. The summed E-state index contributed by atoms with van der Waals surface area (Å²) in [6.45, 7) is 2.41. The fourth-order valence-electron chi connectivity index (χ4n) is 4.48. The number of hydrogen-bond acceptors (Lipinski definition) is 2. The molecule has 0 aliphatic rings. The smallest absolute Gasteiger partial charge is 0.298 e. The Kier molecular flexibility index (Phi) is 7.13. The van der Waals surface area contributed by atoms with Crippen molar-refractivity contribution < 1.29 is 18.0 Å². The van der Waals surface area contributed by atoms with E-state index in [0.29, 0.717) is 25.1 Å². The number of Topliss-reactive ketones (excluding diaryl/α,β-unsaturated/α-hetero) is 1. The van der Waals surface area contributed by atoms with Gasteiger partial charge in [-0.3, -0.25) is 9.69 Å². The van der Waals surface area contributed by atoms with Gasteiger partial charge in [-0.25, -0.2) is 0 Å². The number of fused-ring (bicyclic) bond motifs is 1. The highest BCUT2D eigenvalue weighted by Crippen LogP contribution is 2.33. The Morgan fingerprint density at radius 1 is 0.853 bits per heavy atom. The fourth-order valence-corrected chi connectivity index (χ4v) is 4.48. The molecule has 174 valence electrons. The maximum absolute atomic E-state index is 13.4.